The van der Waals surface area contributed by atoms with E-state index in [1.165, 1.54) is 32.1 Å². The Morgan fingerprint density at radius 3 is 2.09 bits per heavy atom. The molecule has 2 heterocycles. The smallest absolute Gasteiger partial charge is 0.315 e. The monoisotopic (exact) mass is 633 g/mol. The predicted molar refractivity (Wildman–Crippen MR) is 185 cm³/mol. The Balaban J connectivity index is 1.15. The van der Waals surface area contributed by atoms with Crippen LogP contribution in [0.4, 0.5) is 4.79 Å². The van der Waals surface area contributed by atoms with Crippen LogP contribution in [-0.4, -0.2) is 41.8 Å². The number of carbonyl (C=O) groups excluding carboxylic acids is 1. The summed E-state index contributed by atoms with van der Waals surface area (Å²) in [7, 11) is 0. The van der Waals surface area contributed by atoms with Crippen LogP contribution in [0.5, 0.6) is 0 Å². The summed E-state index contributed by atoms with van der Waals surface area (Å²) in [5.74, 6) is 0. The van der Waals surface area contributed by atoms with Gasteiger partial charge in [0, 0.05) is 31.6 Å². The Morgan fingerprint density at radius 1 is 0.681 bits per heavy atom. The SMILES string of the molecule is O=C(NCc1ccccc1)NCc1cccc(-c2cccc(C3OC(CN4CCCCCCC4)CC(c4ccc(CO)cc4)O3)c2)c1. The summed E-state index contributed by atoms with van der Waals surface area (Å²) in [6.45, 7) is 4.09. The third-order valence-corrected chi connectivity index (χ3v) is 9.19. The van der Waals surface area contributed by atoms with Crippen molar-refractivity contribution in [3.8, 4) is 11.1 Å². The zero-order valence-corrected chi connectivity index (χ0v) is 27.2. The maximum atomic E-state index is 12.4. The van der Waals surface area contributed by atoms with E-state index in [9.17, 15) is 9.90 Å². The van der Waals surface area contributed by atoms with Gasteiger partial charge in [-0.2, -0.15) is 0 Å². The number of amides is 2. The van der Waals surface area contributed by atoms with Gasteiger partial charge in [0.2, 0.25) is 0 Å². The van der Waals surface area contributed by atoms with Crippen molar-refractivity contribution in [1.29, 1.82) is 0 Å². The number of nitrogens with zero attached hydrogens (tertiary/aromatic N) is 1. The Labute approximate surface area is 278 Å². The van der Waals surface area contributed by atoms with Crippen molar-refractivity contribution in [2.45, 2.75) is 76.7 Å². The molecule has 6 rings (SSSR count). The molecule has 2 amide bonds. The van der Waals surface area contributed by atoms with E-state index in [0.29, 0.717) is 13.1 Å². The molecule has 47 heavy (non-hydrogen) atoms. The summed E-state index contributed by atoms with van der Waals surface area (Å²) < 4.78 is 13.4. The van der Waals surface area contributed by atoms with Crippen molar-refractivity contribution in [3.05, 3.63) is 131 Å². The number of aliphatic hydroxyl groups is 1. The van der Waals surface area contributed by atoms with Gasteiger partial charge >= 0.3 is 6.03 Å². The average Bonchev–Trinajstić information content (AvgIpc) is 3.11. The normalized spacial score (nSPS) is 20.6. The fraction of sp³-hybridized carbons (Fsp3) is 0.375. The number of hydrogen-bond acceptors (Lipinski definition) is 5. The number of rotatable bonds is 10. The zero-order chi connectivity index (χ0) is 32.3. The Morgan fingerprint density at radius 2 is 1.34 bits per heavy atom. The van der Waals surface area contributed by atoms with Crippen molar-refractivity contribution in [2.24, 2.45) is 0 Å². The number of benzene rings is 4. The van der Waals surface area contributed by atoms with Crippen LogP contribution >= 0.6 is 0 Å². The largest absolute Gasteiger partial charge is 0.392 e. The van der Waals surface area contributed by atoms with Crippen LogP contribution in [0.25, 0.3) is 11.1 Å². The molecule has 2 aliphatic rings. The average molecular weight is 634 g/mol. The first-order chi connectivity index (χ1) is 23.1. The topological polar surface area (TPSA) is 83.1 Å². The fourth-order valence-electron chi connectivity index (χ4n) is 6.57. The summed E-state index contributed by atoms with van der Waals surface area (Å²) in [6, 6.07) is 34.5. The maximum absolute atomic E-state index is 12.4. The van der Waals surface area contributed by atoms with E-state index in [1.807, 2.05) is 54.6 Å². The van der Waals surface area contributed by atoms with Crippen LogP contribution in [-0.2, 0) is 29.2 Å². The first-order valence-electron chi connectivity index (χ1n) is 17.1. The van der Waals surface area contributed by atoms with Crippen LogP contribution < -0.4 is 10.6 Å². The van der Waals surface area contributed by atoms with Gasteiger partial charge in [-0.15, -0.1) is 0 Å². The second-order valence-electron chi connectivity index (χ2n) is 12.8. The molecule has 2 fully saturated rings. The second-order valence-corrected chi connectivity index (χ2v) is 12.8. The summed E-state index contributed by atoms with van der Waals surface area (Å²) in [4.78, 5) is 15.0. The van der Waals surface area contributed by atoms with Gasteiger partial charge in [-0.3, -0.25) is 0 Å². The molecular formula is C40H47N3O4. The van der Waals surface area contributed by atoms with Gasteiger partial charge in [-0.05, 0) is 71.4 Å². The zero-order valence-electron chi connectivity index (χ0n) is 27.2. The van der Waals surface area contributed by atoms with Gasteiger partial charge in [0.05, 0.1) is 18.8 Å². The van der Waals surface area contributed by atoms with E-state index in [1.54, 1.807) is 0 Å². The maximum Gasteiger partial charge on any atom is 0.315 e. The van der Waals surface area contributed by atoms with E-state index in [0.717, 1.165) is 65.0 Å². The van der Waals surface area contributed by atoms with Gasteiger partial charge in [-0.25, -0.2) is 4.79 Å². The molecule has 0 saturated carbocycles. The van der Waals surface area contributed by atoms with Gasteiger partial charge < -0.3 is 30.1 Å². The van der Waals surface area contributed by atoms with E-state index >= 15 is 0 Å². The number of aliphatic hydroxyl groups excluding tert-OH is 1. The lowest BCUT2D eigenvalue weighted by Crippen LogP contribution is -2.40. The highest BCUT2D eigenvalue weighted by molar-refractivity contribution is 5.74. The van der Waals surface area contributed by atoms with E-state index in [4.69, 9.17) is 9.47 Å². The summed E-state index contributed by atoms with van der Waals surface area (Å²) >= 11 is 0. The van der Waals surface area contributed by atoms with Gasteiger partial charge in [0.15, 0.2) is 6.29 Å². The van der Waals surface area contributed by atoms with E-state index in [2.05, 4.69) is 64.1 Å². The highest BCUT2D eigenvalue weighted by atomic mass is 16.7. The summed E-state index contributed by atoms with van der Waals surface area (Å²) in [6.07, 6.45) is 6.67. The number of urea groups is 1. The molecule has 0 spiro atoms. The molecule has 3 atom stereocenters. The number of carbonyl (C=O) groups is 1. The van der Waals surface area contributed by atoms with E-state index in [-0.39, 0.29) is 24.8 Å². The molecule has 2 saturated heterocycles. The fourth-order valence-corrected chi connectivity index (χ4v) is 6.57. The molecule has 7 heteroatoms. The number of hydrogen-bond donors (Lipinski definition) is 3. The van der Waals surface area contributed by atoms with Crippen molar-refractivity contribution in [2.75, 3.05) is 19.6 Å². The molecule has 0 bridgehead atoms. The minimum atomic E-state index is -0.496. The first kappa shape index (κ1) is 32.9. The molecule has 7 nitrogen and oxygen atoms in total. The molecular weight excluding hydrogens is 586 g/mol. The number of ether oxygens (including phenoxy) is 2. The lowest BCUT2D eigenvalue weighted by Gasteiger charge is -2.39. The molecule has 4 aromatic rings. The second kappa shape index (κ2) is 16.7. The Bertz CT molecular complexity index is 1550. The molecule has 4 aromatic carbocycles. The highest BCUT2D eigenvalue weighted by Gasteiger charge is 2.33. The first-order valence-corrected chi connectivity index (χ1v) is 17.1. The third-order valence-electron chi connectivity index (χ3n) is 9.19. The van der Waals surface area contributed by atoms with Crippen LogP contribution in [0, 0.1) is 0 Å². The standard InChI is InChI=1S/C40H47N3O4/c44-29-31-17-19-33(20-18-31)38-25-37(28-43-21-7-2-1-3-8-22-43)46-39(47-38)36-16-10-15-35(24-36)34-14-9-13-32(23-34)27-42-40(45)41-26-30-11-5-4-6-12-30/h4-6,9-20,23-24,37-39,44H,1-3,7-8,21-22,25-29H2,(H2,41,42,45). The lowest BCUT2D eigenvalue weighted by atomic mass is 9.98. The molecule has 246 valence electrons. The Kier molecular flexibility index (Phi) is 11.7. The van der Waals surface area contributed by atoms with Gasteiger partial charge in [-0.1, -0.05) is 110 Å². The lowest BCUT2D eigenvalue weighted by molar-refractivity contribution is -0.253. The summed E-state index contributed by atoms with van der Waals surface area (Å²) in [5, 5.41) is 15.5. The van der Waals surface area contributed by atoms with Crippen LogP contribution in [0.15, 0.2) is 103 Å². The molecule has 0 aliphatic carbocycles. The quantitative estimate of drug-likeness (QED) is 0.167. The molecule has 2 aliphatic heterocycles. The minimum Gasteiger partial charge on any atom is -0.392 e. The predicted octanol–water partition coefficient (Wildman–Crippen LogP) is 7.66. The highest BCUT2D eigenvalue weighted by Crippen LogP contribution is 2.39. The van der Waals surface area contributed by atoms with Crippen LogP contribution in [0.3, 0.4) is 0 Å². The van der Waals surface area contributed by atoms with Gasteiger partial charge in [0.25, 0.3) is 0 Å². The van der Waals surface area contributed by atoms with E-state index < -0.39 is 6.29 Å². The van der Waals surface area contributed by atoms with Crippen molar-refractivity contribution in [3.63, 3.8) is 0 Å². The Hall–Kier alpha value is -4.01. The molecule has 0 aromatic heterocycles. The molecule has 0 radical (unpaired) electrons. The minimum absolute atomic E-state index is 0.0284. The van der Waals surface area contributed by atoms with Gasteiger partial charge in [0.1, 0.15) is 0 Å². The van der Waals surface area contributed by atoms with Crippen molar-refractivity contribution >= 4 is 6.03 Å². The number of likely N-dealkylation sites (tertiary alicyclic amines) is 1. The van der Waals surface area contributed by atoms with Crippen molar-refractivity contribution in [1.82, 2.24) is 15.5 Å². The third kappa shape index (κ3) is 9.52. The number of nitrogens with one attached hydrogen (secondary N) is 2. The summed E-state index contributed by atoms with van der Waals surface area (Å²) in [5.41, 5.74) is 7.21. The van der Waals surface area contributed by atoms with Crippen LogP contribution in [0.1, 0.15) is 78.7 Å². The van der Waals surface area contributed by atoms with Crippen molar-refractivity contribution < 1.29 is 19.4 Å². The molecule has 3 unspecified atom stereocenters. The molecule has 3 N–H and O–H groups in total. The van der Waals surface area contributed by atoms with Crippen LogP contribution in [0.2, 0.25) is 0 Å².